The fourth-order valence-electron chi connectivity index (χ4n) is 3.52. The van der Waals surface area contributed by atoms with Gasteiger partial charge in [-0.2, -0.15) is 0 Å². The van der Waals surface area contributed by atoms with Gasteiger partial charge in [0.25, 0.3) is 5.56 Å². The molecule has 6 heteroatoms. The van der Waals surface area contributed by atoms with E-state index in [2.05, 4.69) is 15.3 Å². The van der Waals surface area contributed by atoms with Crippen molar-refractivity contribution in [3.8, 4) is 5.75 Å². The Morgan fingerprint density at radius 2 is 1.65 bits per heavy atom. The molecule has 1 amide bonds. The predicted molar refractivity (Wildman–Crippen MR) is 120 cm³/mol. The Balaban J connectivity index is 1.50. The fourth-order valence-corrected chi connectivity index (χ4v) is 3.52. The van der Waals surface area contributed by atoms with Crippen LogP contribution in [0.3, 0.4) is 0 Å². The van der Waals surface area contributed by atoms with E-state index in [9.17, 15) is 9.59 Å². The normalized spacial score (nSPS) is 11.8. The number of H-pyrrole nitrogens is 1. The number of rotatable bonds is 7. The van der Waals surface area contributed by atoms with E-state index in [0.717, 1.165) is 16.9 Å². The van der Waals surface area contributed by atoms with E-state index in [4.69, 9.17) is 4.74 Å². The second-order valence-electron chi connectivity index (χ2n) is 7.21. The number of para-hydroxylation sites is 1. The molecule has 0 spiro atoms. The Hall–Kier alpha value is -3.93. The Bertz CT molecular complexity index is 1230. The van der Waals surface area contributed by atoms with Crippen LogP contribution >= 0.6 is 0 Å². The lowest BCUT2D eigenvalue weighted by molar-refractivity contribution is -0.121. The summed E-state index contributed by atoms with van der Waals surface area (Å²) in [5, 5.41) is 3.65. The van der Waals surface area contributed by atoms with Gasteiger partial charge in [0.1, 0.15) is 11.6 Å². The maximum absolute atomic E-state index is 12.8. The van der Waals surface area contributed by atoms with Crippen LogP contribution in [0.4, 0.5) is 0 Å². The molecule has 0 fully saturated rings. The van der Waals surface area contributed by atoms with Crippen molar-refractivity contribution >= 4 is 16.8 Å². The van der Waals surface area contributed by atoms with Gasteiger partial charge in [0.2, 0.25) is 5.91 Å². The van der Waals surface area contributed by atoms with E-state index in [1.54, 1.807) is 25.3 Å². The van der Waals surface area contributed by atoms with Crippen molar-refractivity contribution in [1.29, 1.82) is 0 Å². The number of methoxy groups -OCH3 is 1. The van der Waals surface area contributed by atoms with Gasteiger partial charge in [-0.15, -0.1) is 0 Å². The number of ether oxygens (including phenoxy) is 1. The number of aryl methyl sites for hydroxylation is 1. The molecule has 0 aliphatic heterocycles. The van der Waals surface area contributed by atoms with E-state index >= 15 is 0 Å². The SMILES string of the molecule is COc1ccc(C(NC(=O)CCc2nc3ccccc3c(=O)[nH]2)c2ccccc2)cc1. The lowest BCUT2D eigenvalue weighted by atomic mass is 9.98. The van der Waals surface area contributed by atoms with Gasteiger partial charge in [0.15, 0.2) is 0 Å². The van der Waals surface area contributed by atoms with Crippen LogP contribution in [0, 0.1) is 0 Å². The Kier molecular flexibility index (Phi) is 6.08. The summed E-state index contributed by atoms with van der Waals surface area (Å²) in [6, 6.07) is 24.3. The van der Waals surface area contributed by atoms with Crippen LogP contribution in [0.1, 0.15) is 29.4 Å². The number of hydrogen-bond acceptors (Lipinski definition) is 4. The van der Waals surface area contributed by atoms with Crippen molar-refractivity contribution < 1.29 is 9.53 Å². The smallest absolute Gasteiger partial charge is 0.258 e. The summed E-state index contributed by atoms with van der Waals surface area (Å²) in [6.45, 7) is 0. The molecule has 0 radical (unpaired) electrons. The highest BCUT2D eigenvalue weighted by Crippen LogP contribution is 2.24. The van der Waals surface area contributed by atoms with Crippen molar-refractivity contribution in [2.75, 3.05) is 7.11 Å². The van der Waals surface area contributed by atoms with Crippen LogP contribution in [0.15, 0.2) is 83.7 Å². The fraction of sp³-hybridized carbons (Fsp3) is 0.160. The summed E-state index contributed by atoms with van der Waals surface area (Å²) in [7, 11) is 1.62. The van der Waals surface area contributed by atoms with Crippen molar-refractivity contribution in [3.05, 3.63) is 106 Å². The zero-order valence-corrected chi connectivity index (χ0v) is 17.2. The molecule has 4 rings (SSSR count). The minimum Gasteiger partial charge on any atom is -0.497 e. The van der Waals surface area contributed by atoms with Gasteiger partial charge in [-0.3, -0.25) is 9.59 Å². The van der Waals surface area contributed by atoms with Crippen molar-refractivity contribution in [2.45, 2.75) is 18.9 Å². The molecule has 156 valence electrons. The standard InChI is InChI=1S/C25H23N3O3/c1-31-19-13-11-18(12-14-19)24(17-7-3-2-4-8-17)28-23(29)16-15-22-26-21-10-6-5-9-20(21)25(30)27-22/h2-14,24H,15-16H2,1H3,(H,28,29)(H,26,27,30). The summed E-state index contributed by atoms with van der Waals surface area (Å²) < 4.78 is 5.24. The molecule has 0 saturated carbocycles. The number of amides is 1. The summed E-state index contributed by atoms with van der Waals surface area (Å²) in [6.07, 6.45) is 0.552. The average Bonchev–Trinajstić information content (AvgIpc) is 2.82. The molecule has 1 aromatic heterocycles. The molecule has 0 aliphatic rings. The number of fused-ring (bicyclic) bond motifs is 1. The minimum absolute atomic E-state index is 0.125. The lowest BCUT2D eigenvalue weighted by Crippen LogP contribution is -2.29. The molecule has 1 unspecified atom stereocenters. The average molecular weight is 413 g/mol. The molecule has 1 heterocycles. The van der Waals surface area contributed by atoms with Gasteiger partial charge in [-0.05, 0) is 35.4 Å². The summed E-state index contributed by atoms with van der Waals surface area (Å²) in [4.78, 5) is 32.3. The molecular formula is C25H23N3O3. The molecule has 1 atom stereocenters. The van der Waals surface area contributed by atoms with Crippen LogP contribution in [-0.4, -0.2) is 23.0 Å². The first-order chi connectivity index (χ1) is 15.1. The number of carbonyl (C=O) groups excluding carboxylic acids is 1. The van der Waals surface area contributed by atoms with Crippen molar-refractivity contribution in [3.63, 3.8) is 0 Å². The maximum Gasteiger partial charge on any atom is 0.258 e. The summed E-state index contributed by atoms with van der Waals surface area (Å²) >= 11 is 0. The molecule has 0 saturated heterocycles. The Labute approximate surface area is 179 Å². The highest BCUT2D eigenvalue weighted by atomic mass is 16.5. The van der Waals surface area contributed by atoms with Crippen molar-refractivity contribution in [1.82, 2.24) is 15.3 Å². The van der Waals surface area contributed by atoms with Crippen molar-refractivity contribution in [2.24, 2.45) is 0 Å². The number of benzene rings is 3. The van der Waals surface area contributed by atoms with E-state index in [0.29, 0.717) is 23.1 Å². The van der Waals surface area contributed by atoms with Gasteiger partial charge in [-0.1, -0.05) is 54.6 Å². The number of aromatic amines is 1. The van der Waals surface area contributed by atoms with Gasteiger partial charge in [0, 0.05) is 12.8 Å². The zero-order valence-electron chi connectivity index (χ0n) is 17.2. The highest BCUT2D eigenvalue weighted by Gasteiger charge is 2.17. The van der Waals surface area contributed by atoms with E-state index in [-0.39, 0.29) is 23.9 Å². The molecular weight excluding hydrogens is 390 g/mol. The van der Waals surface area contributed by atoms with Crippen LogP contribution in [0.5, 0.6) is 5.75 Å². The monoisotopic (exact) mass is 413 g/mol. The van der Waals surface area contributed by atoms with E-state index < -0.39 is 0 Å². The number of nitrogens with one attached hydrogen (secondary N) is 2. The van der Waals surface area contributed by atoms with Crippen LogP contribution in [0.2, 0.25) is 0 Å². The molecule has 2 N–H and O–H groups in total. The molecule has 6 nitrogen and oxygen atoms in total. The number of hydrogen-bond donors (Lipinski definition) is 2. The van der Waals surface area contributed by atoms with Gasteiger partial charge in [0.05, 0.1) is 24.1 Å². The number of carbonyl (C=O) groups is 1. The Morgan fingerprint density at radius 1 is 0.968 bits per heavy atom. The predicted octanol–water partition coefficient (Wildman–Crippen LogP) is 3.77. The first-order valence-electron chi connectivity index (χ1n) is 10.1. The van der Waals surface area contributed by atoms with Crippen LogP contribution in [0.25, 0.3) is 10.9 Å². The number of nitrogens with zero attached hydrogens (tertiary/aromatic N) is 1. The van der Waals surface area contributed by atoms with Crippen LogP contribution in [-0.2, 0) is 11.2 Å². The molecule has 3 aromatic carbocycles. The molecule has 4 aromatic rings. The first-order valence-corrected chi connectivity index (χ1v) is 10.1. The third-order valence-corrected chi connectivity index (χ3v) is 5.14. The topological polar surface area (TPSA) is 84.1 Å². The second kappa shape index (κ2) is 9.26. The Morgan fingerprint density at radius 3 is 2.39 bits per heavy atom. The van der Waals surface area contributed by atoms with Gasteiger partial charge in [-0.25, -0.2) is 4.98 Å². The zero-order chi connectivity index (χ0) is 21.6. The quantitative estimate of drug-likeness (QED) is 0.483. The first kappa shape index (κ1) is 20.3. The molecule has 31 heavy (non-hydrogen) atoms. The molecule has 0 aliphatic carbocycles. The van der Waals surface area contributed by atoms with E-state index in [1.165, 1.54) is 0 Å². The third kappa shape index (κ3) is 4.80. The minimum atomic E-state index is -0.289. The van der Waals surface area contributed by atoms with Crippen LogP contribution < -0.4 is 15.6 Å². The summed E-state index contributed by atoms with van der Waals surface area (Å²) in [5.41, 5.74) is 2.37. The van der Waals surface area contributed by atoms with Gasteiger partial charge >= 0.3 is 0 Å². The lowest BCUT2D eigenvalue weighted by Gasteiger charge is -2.20. The van der Waals surface area contributed by atoms with E-state index in [1.807, 2.05) is 60.7 Å². The second-order valence-corrected chi connectivity index (χ2v) is 7.21. The summed E-state index contributed by atoms with van der Waals surface area (Å²) in [5.74, 6) is 1.13. The third-order valence-electron chi connectivity index (χ3n) is 5.14. The number of aromatic nitrogens is 2. The largest absolute Gasteiger partial charge is 0.497 e. The van der Waals surface area contributed by atoms with Gasteiger partial charge < -0.3 is 15.0 Å². The highest BCUT2D eigenvalue weighted by molar-refractivity contribution is 5.78. The maximum atomic E-state index is 12.8. The molecule has 0 bridgehead atoms.